The van der Waals surface area contributed by atoms with Crippen LogP contribution in [0.3, 0.4) is 0 Å². The Labute approximate surface area is 161 Å². The lowest BCUT2D eigenvalue weighted by atomic mass is 10.00. The van der Waals surface area contributed by atoms with Crippen molar-refractivity contribution < 1.29 is 33.6 Å². The number of carbonyl (C=O) groups excluding carboxylic acids is 1. The van der Waals surface area contributed by atoms with E-state index < -0.39 is 11.9 Å². The second kappa shape index (κ2) is 8.30. The molecular weight excluding hydrogens is 364 g/mol. The lowest BCUT2D eigenvalue weighted by Gasteiger charge is -2.08. The van der Waals surface area contributed by atoms with Gasteiger partial charge in [-0.1, -0.05) is 18.2 Å². The van der Waals surface area contributed by atoms with Crippen molar-refractivity contribution >= 4 is 24.1 Å². The summed E-state index contributed by atoms with van der Waals surface area (Å²) < 4.78 is 20.5. The van der Waals surface area contributed by atoms with Crippen molar-refractivity contribution in [3.63, 3.8) is 0 Å². The van der Waals surface area contributed by atoms with Crippen molar-refractivity contribution in [3.8, 4) is 17.2 Å². The number of benzene rings is 2. The van der Waals surface area contributed by atoms with E-state index in [2.05, 4.69) is 0 Å². The molecule has 2 aromatic rings. The molecule has 0 saturated heterocycles. The largest absolute Gasteiger partial charge is 0.497 e. The van der Waals surface area contributed by atoms with Gasteiger partial charge in [-0.15, -0.1) is 0 Å². The fourth-order valence-corrected chi connectivity index (χ4v) is 2.65. The highest BCUT2D eigenvalue weighted by atomic mass is 16.7. The van der Waals surface area contributed by atoms with Gasteiger partial charge in [0.2, 0.25) is 6.79 Å². The van der Waals surface area contributed by atoms with E-state index in [9.17, 15) is 14.7 Å². The van der Waals surface area contributed by atoms with Gasteiger partial charge in [0.25, 0.3) is 0 Å². The monoisotopic (exact) mass is 382 g/mol. The van der Waals surface area contributed by atoms with E-state index in [-0.39, 0.29) is 17.9 Å². The SMILES string of the molecule is COC(=O)C(=C/c1ccc(OC)cc1)/C(=C\c1ccc2c(c1)OCO2)C(=O)O. The molecule has 0 saturated carbocycles. The molecule has 1 N–H and O–H groups in total. The maximum Gasteiger partial charge on any atom is 0.338 e. The molecule has 3 rings (SSSR count). The summed E-state index contributed by atoms with van der Waals surface area (Å²) in [6.45, 7) is 0.110. The molecule has 0 amide bonds. The fourth-order valence-electron chi connectivity index (χ4n) is 2.65. The molecule has 0 aliphatic carbocycles. The first-order valence-electron chi connectivity index (χ1n) is 8.31. The number of carbonyl (C=O) groups is 2. The zero-order chi connectivity index (χ0) is 20.1. The summed E-state index contributed by atoms with van der Waals surface area (Å²) in [5.41, 5.74) is 0.879. The van der Waals surface area contributed by atoms with Crippen LogP contribution >= 0.6 is 0 Å². The van der Waals surface area contributed by atoms with Gasteiger partial charge in [0.1, 0.15) is 5.75 Å². The van der Waals surface area contributed by atoms with E-state index in [0.29, 0.717) is 28.4 Å². The Hall–Kier alpha value is -3.74. The van der Waals surface area contributed by atoms with Crippen molar-refractivity contribution in [1.29, 1.82) is 0 Å². The van der Waals surface area contributed by atoms with Crippen LogP contribution in [0.4, 0.5) is 0 Å². The van der Waals surface area contributed by atoms with Crippen LogP contribution < -0.4 is 14.2 Å². The van der Waals surface area contributed by atoms with Crippen LogP contribution in [0.25, 0.3) is 12.2 Å². The molecule has 2 aromatic carbocycles. The zero-order valence-corrected chi connectivity index (χ0v) is 15.3. The number of carboxylic acid groups (broad SMARTS) is 1. The molecule has 0 radical (unpaired) electrons. The quantitative estimate of drug-likeness (QED) is 0.466. The Kier molecular flexibility index (Phi) is 5.64. The number of rotatable bonds is 6. The first-order chi connectivity index (χ1) is 13.5. The van der Waals surface area contributed by atoms with E-state index in [1.54, 1.807) is 49.6 Å². The minimum absolute atomic E-state index is 0.0853. The first-order valence-corrected chi connectivity index (χ1v) is 8.31. The van der Waals surface area contributed by atoms with E-state index in [1.807, 2.05) is 0 Å². The van der Waals surface area contributed by atoms with E-state index in [0.717, 1.165) is 0 Å². The topological polar surface area (TPSA) is 91.3 Å². The van der Waals surface area contributed by atoms with Crippen molar-refractivity contribution in [2.45, 2.75) is 0 Å². The average Bonchev–Trinajstić information content (AvgIpc) is 3.18. The normalized spacial score (nSPS) is 13.2. The molecule has 7 nitrogen and oxygen atoms in total. The number of methoxy groups -OCH3 is 2. The molecular formula is C21H18O7. The maximum absolute atomic E-state index is 12.3. The molecule has 7 heteroatoms. The standard InChI is InChI=1S/C21H18O7/c1-25-15-6-3-13(4-7-15)9-17(21(24)26-2)16(20(22)23)10-14-5-8-18-19(11-14)28-12-27-18/h3-11H,12H2,1-2H3,(H,22,23)/b16-10+,17-9+. The number of aliphatic carboxylic acids is 1. The van der Waals surface area contributed by atoms with E-state index in [4.69, 9.17) is 18.9 Å². The predicted octanol–water partition coefficient (Wildman–Crippen LogP) is 3.15. The van der Waals surface area contributed by atoms with Gasteiger partial charge in [0, 0.05) is 0 Å². The summed E-state index contributed by atoms with van der Waals surface area (Å²) in [6.07, 6.45) is 2.84. The minimum Gasteiger partial charge on any atom is -0.497 e. The van der Waals surface area contributed by atoms with Gasteiger partial charge < -0.3 is 24.1 Å². The Morgan fingerprint density at radius 1 is 0.929 bits per heavy atom. The molecule has 0 unspecified atom stereocenters. The highest BCUT2D eigenvalue weighted by Crippen LogP contribution is 2.33. The van der Waals surface area contributed by atoms with Gasteiger partial charge in [-0.2, -0.15) is 0 Å². The van der Waals surface area contributed by atoms with Crippen LogP contribution in [0.1, 0.15) is 11.1 Å². The average molecular weight is 382 g/mol. The van der Waals surface area contributed by atoms with Crippen LogP contribution in [0.15, 0.2) is 53.6 Å². The van der Waals surface area contributed by atoms with Crippen molar-refractivity contribution in [2.75, 3.05) is 21.0 Å². The molecule has 0 aromatic heterocycles. The lowest BCUT2D eigenvalue weighted by Crippen LogP contribution is -2.13. The summed E-state index contributed by atoms with van der Waals surface area (Å²) in [7, 11) is 2.74. The Morgan fingerprint density at radius 3 is 2.21 bits per heavy atom. The molecule has 0 bridgehead atoms. The molecule has 1 aliphatic rings. The van der Waals surface area contributed by atoms with Gasteiger partial charge in [0.15, 0.2) is 11.5 Å². The summed E-state index contributed by atoms with van der Waals surface area (Å²) in [6, 6.07) is 11.8. The third-order valence-electron chi connectivity index (χ3n) is 4.06. The molecule has 1 aliphatic heterocycles. The number of hydrogen-bond donors (Lipinski definition) is 1. The second-order valence-corrected chi connectivity index (χ2v) is 5.80. The number of fused-ring (bicyclic) bond motifs is 1. The minimum atomic E-state index is -1.26. The predicted molar refractivity (Wildman–Crippen MR) is 101 cm³/mol. The summed E-state index contributed by atoms with van der Waals surface area (Å²) >= 11 is 0. The van der Waals surface area contributed by atoms with Gasteiger partial charge in [-0.25, -0.2) is 9.59 Å². The molecule has 28 heavy (non-hydrogen) atoms. The summed E-state index contributed by atoms with van der Waals surface area (Å²) in [5.74, 6) is -0.285. The van der Waals surface area contributed by atoms with Crippen molar-refractivity contribution in [3.05, 3.63) is 64.7 Å². The summed E-state index contributed by atoms with van der Waals surface area (Å²) in [5, 5.41) is 9.71. The van der Waals surface area contributed by atoms with Crippen LogP contribution in [0.5, 0.6) is 17.2 Å². The van der Waals surface area contributed by atoms with E-state index >= 15 is 0 Å². The maximum atomic E-state index is 12.3. The number of carboxylic acids is 1. The number of esters is 1. The second-order valence-electron chi connectivity index (χ2n) is 5.80. The Balaban J connectivity index is 2.05. The number of ether oxygens (including phenoxy) is 4. The van der Waals surface area contributed by atoms with E-state index in [1.165, 1.54) is 19.3 Å². The highest BCUT2D eigenvalue weighted by molar-refractivity contribution is 6.12. The smallest absolute Gasteiger partial charge is 0.338 e. The lowest BCUT2D eigenvalue weighted by molar-refractivity contribution is -0.138. The Bertz CT molecular complexity index is 955. The third-order valence-corrected chi connectivity index (χ3v) is 4.06. The molecule has 0 atom stereocenters. The molecule has 0 spiro atoms. The van der Waals surface area contributed by atoms with Crippen molar-refractivity contribution in [2.24, 2.45) is 0 Å². The first kappa shape index (κ1) is 19.0. The molecule has 0 fully saturated rings. The Morgan fingerprint density at radius 2 is 1.57 bits per heavy atom. The van der Waals surface area contributed by atoms with Gasteiger partial charge in [0.05, 0.1) is 25.4 Å². The van der Waals surface area contributed by atoms with Crippen LogP contribution in [0, 0.1) is 0 Å². The van der Waals surface area contributed by atoms with Crippen molar-refractivity contribution in [1.82, 2.24) is 0 Å². The molecule has 144 valence electrons. The van der Waals surface area contributed by atoms with Crippen LogP contribution in [0.2, 0.25) is 0 Å². The van der Waals surface area contributed by atoms with Crippen LogP contribution in [-0.2, 0) is 14.3 Å². The highest BCUT2D eigenvalue weighted by Gasteiger charge is 2.22. The van der Waals surface area contributed by atoms with Gasteiger partial charge >= 0.3 is 11.9 Å². The van der Waals surface area contributed by atoms with Crippen LogP contribution in [-0.4, -0.2) is 38.1 Å². The zero-order valence-electron chi connectivity index (χ0n) is 15.3. The van der Waals surface area contributed by atoms with Gasteiger partial charge in [-0.05, 0) is 47.5 Å². The number of hydrogen-bond acceptors (Lipinski definition) is 6. The summed E-state index contributed by atoms with van der Waals surface area (Å²) in [4.78, 5) is 24.2. The molecule has 1 heterocycles. The third kappa shape index (κ3) is 4.15. The van der Waals surface area contributed by atoms with Gasteiger partial charge in [-0.3, -0.25) is 0 Å². The fraction of sp³-hybridized carbons (Fsp3) is 0.143.